The van der Waals surface area contributed by atoms with Gasteiger partial charge in [-0.3, -0.25) is 5.01 Å². The molecule has 0 aromatic heterocycles. The number of hydrazine groups is 1. The lowest BCUT2D eigenvalue weighted by atomic mass is 9.92. The first kappa shape index (κ1) is 7.82. The molecule has 0 amide bonds. The van der Waals surface area contributed by atoms with E-state index in [-0.39, 0.29) is 5.41 Å². The molecule has 1 rings (SSSR count). The zero-order valence-corrected chi connectivity index (χ0v) is 7.72. The van der Waals surface area contributed by atoms with E-state index < -0.39 is 0 Å². The molecule has 0 fully saturated rings. The van der Waals surface area contributed by atoms with Crippen molar-refractivity contribution in [2.45, 2.75) is 13.8 Å². The predicted octanol–water partition coefficient (Wildman–Crippen LogP) is 1.95. The predicted molar refractivity (Wildman–Crippen MR) is 46.0 cm³/mol. The maximum atomic E-state index is 5.49. The molecule has 3 heteroatoms. The number of allylic oxidation sites excluding steroid dienone is 2. The average molecular weight is 203 g/mol. The highest BCUT2D eigenvalue weighted by molar-refractivity contribution is 9.11. The molecule has 2 nitrogen and oxygen atoms in total. The third-order valence-electron chi connectivity index (χ3n) is 1.54. The van der Waals surface area contributed by atoms with Crippen LogP contribution in [0.3, 0.4) is 0 Å². The van der Waals surface area contributed by atoms with E-state index in [1.54, 1.807) is 0 Å². The van der Waals surface area contributed by atoms with Gasteiger partial charge in [-0.1, -0.05) is 35.9 Å². The molecule has 0 spiro atoms. The summed E-state index contributed by atoms with van der Waals surface area (Å²) in [6.45, 7) is 4.24. The number of hydrogen-bond acceptors (Lipinski definition) is 2. The fraction of sp³-hybridized carbons (Fsp3) is 0.429. The standard InChI is InChI=1S/C7H11BrN2/c1-7(2)3-4-10(9)5-6(7)8/h3-5H,9H2,1-2H3. The van der Waals surface area contributed by atoms with Crippen molar-refractivity contribution in [1.82, 2.24) is 5.01 Å². The van der Waals surface area contributed by atoms with Crippen molar-refractivity contribution in [2.24, 2.45) is 11.3 Å². The van der Waals surface area contributed by atoms with Crippen molar-refractivity contribution in [3.8, 4) is 0 Å². The number of nitrogens with two attached hydrogens (primary N) is 1. The van der Waals surface area contributed by atoms with Gasteiger partial charge in [0.1, 0.15) is 0 Å². The van der Waals surface area contributed by atoms with Crippen LogP contribution < -0.4 is 5.84 Å². The number of rotatable bonds is 0. The Bertz CT molecular complexity index is 194. The van der Waals surface area contributed by atoms with E-state index in [1.807, 2.05) is 12.4 Å². The highest BCUT2D eigenvalue weighted by Crippen LogP contribution is 2.34. The van der Waals surface area contributed by atoms with E-state index in [2.05, 4.69) is 35.9 Å². The minimum atomic E-state index is 0.0931. The maximum Gasteiger partial charge on any atom is 0.0316 e. The molecule has 1 heterocycles. The Balaban J connectivity index is 2.87. The maximum absolute atomic E-state index is 5.49. The van der Waals surface area contributed by atoms with Crippen LogP contribution in [0, 0.1) is 5.41 Å². The minimum Gasteiger partial charge on any atom is -0.294 e. The lowest BCUT2D eigenvalue weighted by Crippen LogP contribution is -2.25. The number of nitrogens with zero attached hydrogens (tertiary/aromatic N) is 1. The van der Waals surface area contributed by atoms with Gasteiger partial charge >= 0.3 is 0 Å². The Kier molecular flexibility index (Phi) is 1.88. The van der Waals surface area contributed by atoms with Gasteiger partial charge in [-0.15, -0.1) is 0 Å². The molecule has 0 saturated carbocycles. The van der Waals surface area contributed by atoms with Crippen molar-refractivity contribution in [2.75, 3.05) is 0 Å². The van der Waals surface area contributed by atoms with Crippen LogP contribution in [0.1, 0.15) is 13.8 Å². The van der Waals surface area contributed by atoms with E-state index in [0.717, 1.165) is 4.48 Å². The van der Waals surface area contributed by atoms with Gasteiger partial charge in [0.25, 0.3) is 0 Å². The highest BCUT2D eigenvalue weighted by atomic mass is 79.9. The van der Waals surface area contributed by atoms with E-state index >= 15 is 0 Å². The molecule has 0 radical (unpaired) electrons. The number of halogens is 1. The summed E-state index contributed by atoms with van der Waals surface area (Å²) in [5.74, 6) is 5.49. The molecule has 0 aliphatic carbocycles. The molecule has 56 valence electrons. The molecule has 10 heavy (non-hydrogen) atoms. The van der Waals surface area contributed by atoms with E-state index in [9.17, 15) is 0 Å². The molecule has 2 N–H and O–H groups in total. The molecule has 0 atom stereocenters. The zero-order valence-electron chi connectivity index (χ0n) is 6.13. The highest BCUT2D eigenvalue weighted by Gasteiger charge is 2.20. The summed E-state index contributed by atoms with van der Waals surface area (Å²) in [6.07, 6.45) is 5.77. The molecule has 1 aliphatic rings. The van der Waals surface area contributed by atoms with Crippen LogP contribution in [0.25, 0.3) is 0 Å². The fourth-order valence-electron chi connectivity index (χ4n) is 0.692. The van der Waals surface area contributed by atoms with Gasteiger partial charge in [-0.2, -0.15) is 0 Å². The smallest absolute Gasteiger partial charge is 0.0316 e. The molecule has 0 bridgehead atoms. The summed E-state index contributed by atoms with van der Waals surface area (Å²) >= 11 is 3.44. The average Bonchev–Trinajstić information content (AvgIpc) is 1.81. The van der Waals surface area contributed by atoms with Crippen molar-refractivity contribution >= 4 is 15.9 Å². The first-order valence-electron chi connectivity index (χ1n) is 3.12. The Morgan fingerprint density at radius 1 is 1.60 bits per heavy atom. The van der Waals surface area contributed by atoms with Crippen LogP contribution >= 0.6 is 15.9 Å². The second-order valence-electron chi connectivity index (χ2n) is 2.96. The Hall–Kier alpha value is -0.280. The van der Waals surface area contributed by atoms with Gasteiger partial charge in [0, 0.05) is 22.3 Å². The molecule has 0 aromatic rings. The van der Waals surface area contributed by atoms with Crippen LogP contribution in [-0.4, -0.2) is 5.01 Å². The Morgan fingerprint density at radius 3 is 2.60 bits per heavy atom. The molecule has 0 aromatic carbocycles. The van der Waals surface area contributed by atoms with Crippen LogP contribution in [0.2, 0.25) is 0 Å². The first-order valence-corrected chi connectivity index (χ1v) is 3.92. The van der Waals surface area contributed by atoms with Gasteiger partial charge in [-0.25, -0.2) is 5.84 Å². The summed E-state index contributed by atoms with van der Waals surface area (Å²) in [5.41, 5.74) is 0.0931. The molecular formula is C7H11BrN2. The minimum absolute atomic E-state index is 0.0931. The van der Waals surface area contributed by atoms with Crippen molar-refractivity contribution in [3.63, 3.8) is 0 Å². The largest absolute Gasteiger partial charge is 0.294 e. The van der Waals surface area contributed by atoms with Gasteiger partial charge < -0.3 is 0 Å². The quantitative estimate of drug-likeness (QED) is 0.609. The summed E-state index contributed by atoms with van der Waals surface area (Å²) in [6, 6.07) is 0. The third kappa shape index (κ3) is 1.41. The van der Waals surface area contributed by atoms with Crippen LogP contribution in [0.5, 0.6) is 0 Å². The van der Waals surface area contributed by atoms with Crippen molar-refractivity contribution in [3.05, 3.63) is 23.0 Å². The summed E-state index contributed by atoms with van der Waals surface area (Å²) in [4.78, 5) is 0. The second kappa shape index (κ2) is 2.40. The van der Waals surface area contributed by atoms with E-state index in [1.165, 1.54) is 5.01 Å². The van der Waals surface area contributed by atoms with Crippen LogP contribution in [0.4, 0.5) is 0 Å². The molecule has 0 unspecified atom stereocenters. The van der Waals surface area contributed by atoms with Gasteiger partial charge in [0.05, 0.1) is 0 Å². The first-order chi connectivity index (χ1) is 4.52. The Labute approximate surface area is 69.5 Å². The van der Waals surface area contributed by atoms with E-state index in [4.69, 9.17) is 5.84 Å². The summed E-state index contributed by atoms with van der Waals surface area (Å²) < 4.78 is 1.10. The van der Waals surface area contributed by atoms with Gasteiger partial charge in [0.2, 0.25) is 0 Å². The normalized spacial score (nSPS) is 22.8. The van der Waals surface area contributed by atoms with E-state index in [0.29, 0.717) is 0 Å². The lowest BCUT2D eigenvalue weighted by Gasteiger charge is -2.26. The van der Waals surface area contributed by atoms with Crippen LogP contribution in [-0.2, 0) is 0 Å². The molecular weight excluding hydrogens is 192 g/mol. The van der Waals surface area contributed by atoms with Crippen LogP contribution in [0.15, 0.2) is 23.0 Å². The third-order valence-corrected chi connectivity index (χ3v) is 2.77. The lowest BCUT2D eigenvalue weighted by molar-refractivity contribution is 0.477. The fourth-order valence-corrected chi connectivity index (χ4v) is 1.06. The Morgan fingerprint density at radius 2 is 2.20 bits per heavy atom. The zero-order chi connectivity index (χ0) is 7.78. The van der Waals surface area contributed by atoms with Crippen molar-refractivity contribution < 1.29 is 0 Å². The summed E-state index contributed by atoms with van der Waals surface area (Å²) in [5, 5.41) is 1.54. The second-order valence-corrected chi connectivity index (χ2v) is 3.82. The summed E-state index contributed by atoms with van der Waals surface area (Å²) in [7, 11) is 0. The van der Waals surface area contributed by atoms with Crippen molar-refractivity contribution in [1.29, 1.82) is 0 Å². The topological polar surface area (TPSA) is 29.3 Å². The van der Waals surface area contributed by atoms with Gasteiger partial charge in [0.15, 0.2) is 0 Å². The molecule has 1 aliphatic heterocycles. The SMILES string of the molecule is CC1(C)C=CN(N)C=C1Br. The molecule has 0 saturated heterocycles. The van der Waals surface area contributed by atoms with Gasteiger partial charge in [-0.05, 0) is 0 Å². The monoisotopic (exact) mass is 202 g/mol. The number of hydrogen-bond donors (Lipinski definition) is 1.